The second-order valence-corrected chi connectivity index (χ2v) is 14.4. The number of hydrogen-bond acceptors (Lipinski definition) is 4. The van der Waals surface area contributed by atoms with Crippen molar-refractivity contribution in [1.29, 1.82) is 0 Å². The Balaban J connectivity index is 0.978. The van der Waals surface area contributed by atoms with Crippen LogP contribution in [0.1, 0.15) is 0 Å². The second-order valence-electron chi connectivity index (χ2n) is 14.4. The Labute approximate surface area is 329 Å². The Kier molecular flexibility index (Phi) is 7.78. The molecule has 4 heteroatoms. The van der Waals surface area contributed by atoms with Crippen LogP contribution < -0.4 is 0 Å². The number of benzene rings is 9. The van der Waals surface area contributed by atoms with Crippen molar-refractivity contribution in [2.24, 2.45) is 0 Å². The molecule has 4 nitrogen and oxygen atoms in total. The van der Waals surface area contributed by atoms with E-state index in [-0.39, 0.29) is 0 Å². The third-order valence-electron chi connectivity index (χ3n) is 10.9. The smallest absolute Gasteiger partial charge is 0.164 e. The average molecular weight is 728 g/mol. The highest BCUT2D eigenvalue weighted by atomic mass is 16.3. The Morgan fingerprint density at radius 2 is 0.772 bits per heavy atom. The van der Waals surface area contributed by atoms with E-state index in [9.17, 15) is 0 Å². The molecule has 57 heavy (non-hydrogen) atoms. The van der Waals surface area contributed by atoms with Crippen LogP contribution in [-0.2, 0) is 0 Å². The van der Waals surface area contributed by atoms with Gasteiger partial charge in [-0.25, -0.2) is 15.0 Å². The van der Waals surface area contributed by atoms with Gasteiger partial charge in [0.05, 0.1) is 0 Å². The van der Waals surface area contributed by atoms with E-state index in [0.717, 1.165) is 66.3 Å². The van der Waals surface area contributed by atoms with E-state index in [1.807, 2.05) is 36.4 Å². The van der Waals surface area contributed by atoms with E-state index < -0.39 is 0 Å². The molecule has 0 unspecified atom stereocenters. The van der Waals surface area contributed by atoms with Gasteiger partial charge in [0, 0.05) is 33.0 Å². The van der Waals surface area contributed by atoms with Crippen molar-refractivity contribution >= 4 is 43.5 Å². The first-order chi connectivity index (χ1) is 28.2. The minimum atomic E-state index is 0.627. The van der Waals surface area contributed by atoms with E-state index >= 15 is 0 Å². The zero-order valence-corrected chi connectivity index (χ0v) is 30.8. The first-order valence-corrected chi connectivity index (χ1v) is 19.2. The SMILES string of the molecule is c1ccc(-c2ccc(-c3c4ccccc4cc4c3oc3cc(-c5ccc(-c6nc(-c7ccccc7)nc(-c7ccc8ccccc8c7)n6)cc5)ccc34)cc2)cc1. The van der Waals surface area contributed by atoms with Crippen molar-refractivity contribution in [1.82, 2.24) is 15.0 Å². The quantitative estimate of drug-likeness (QED) is 0.171. The van der Waals surface area contributed by atoms with Gasteiger partial charge < -0.3 is 4.42 Å². The molecular formula is C53H33N3O. The molecule has 0 bridgehead atoms. The number of fused-ring (bicyclic) bond motifs is 5. The van der Waals surface area contributed by atoms with Gasteiger partial charge in [-0.15, -0.1) is 0 Å². The first-order valence-electron chi connectivity index (χ1n) is 19.2. The van der Waals surface area contributed by atoms with Crippen molar-refractivity contribution in [2.45, 2.75) is 0 Å². The number of hydrogen-bond donors (Lipinski definition) is 0. The van der Waals surface area contributed by atoms with Gasteiger partial charge in [0.25, 0.3) is 0 Å². The molecule has 0 aliphatic rings. The lowest BCUT2D eigenvalue weighted by molar-refractivity contribution is 0.670. The van der Waals surface area contributed by atoms with Crippen LogP contribution >= 0.6 is 0 Å². The number of aromatic nitrogens is 3. The molecule has 0 fully saturated rings. The summed E-state index contributed by atoms with van der Waals surface area (Å²) in [5.74, 6) is 1.91. The molecule has 11 rings (SSSR count). The van der Waals surface area contributed by atoms with Gasteiger partial charge >= 0.3 is 0 Å². The Morgan fingerprint density at radius 1 is 0.281 bits per heavy atom. The third kappa shape index (κ3) is 5.92. The molecular weight excluding hydrogens is 695 g/mol. The number of furan rings is 1. The van der Waals surface area contributed by atoms with Crippen LogP contribution in [0, 0.1) is 0 Å². The van der Waals surface area contributed by atoms with Crippen molar-refractivity contribution in [3.8, 4) is 67.5 Å². The monoisotopic (exact) mass is 727 g/mol. The molecule has 0 N–H and O–H groups in total. The van der Waals surface area contributed by atoms with Gasteiger partial charge in [-0.1, -0.05) is 176 Å². The predicted molar refractivity (Wildman–Crippen MR) is 235 cm³/mol. The van der Waals surface area contributed by atoms with Crippen LogP contribution in [-0.4, -0.2) is 15.0 Å². The Bertz CT molecular complexity index is 3260. The fraction of sp³-hybridized carbons (Fsp3) is 0. The average Bonchev–Trinajstić information content (AvgIpc) is 3.66. The van der Waals surface area contributed by atoms with Gasteiger partial charge in [-0.3, -0.25) is 0 Å². The maximum atomic E-state index is 6.83. The minimum Gasteiger partial charge on any atom is -0.455 e. The topological polar surface area (TPSA) is 51.8 Å². The van der Waals surface area contributed by atoms with Crippen molar-refractivity contribution in [3.05, 3.63) is 200 Å². The number of rotatable bonds is 6. The fourth-order valence-electron chi connectivity index (χ4n) is 7.99. The fourth-order valence-corrected chi connectivity index (χ4v) is 7.99. The van der Waals surface area contributed by atoms with E-state index in [0.29, 0.717) is 17.5 Å². The van der Waals surface area contributed by atoms with E-state index in [1.54, 1.807) is 0 Å². The highest BCUT2D eigenvalue weighted by Gasteiger charge is 2.18. The maximum absolute atomic E-state index is 6.83. The van der Waals surface area contributed by atoms with E-state index in [4.69, 9.17) is 19.4 Å². The first kappa shape index (κ1) is 32.7. The summed E-state index contributed by atoms with van der Waals surface area (Å²) in [4.78, 5) is 14.9. The zero-order valence-electron chi connectivity index (χ0n) is 30.8. The summed E-state index contributed by atoms with van der Waals surface area (Å²) in [5.41, 5.74) is 11.3. The molecule has 0 aliphatic heterocycles. The van der Waals surface area contributed by atoms with E-state index in [1.165, 1.54) is 27.3 Å². The summed E-state index contributed by atoms with van der Waals surface area (Å²) in [6, 6.07) is 69.9. The van der Waals surface area contributed by atoms with Gasteiger partial charge in [-0.05, 0) is 73.6 Å². The van der Waals surface area contributed by atoms with E-state index in [2.05, 4.69) is 164 Å². The molecule has 0 saturated heterocycles. The van der Waals surface area contributed by atoms with Crippen LogP contribution in [0.2, 0.25) is 0 Å². The summed E-state index contributed by atoms with van der Waals surface area (Å²) in [5, 5.41) is 6.89. The molecule has 0 spiro atoms. The molecule has 2 heterocycles. The van der Waals surface area contributed by atoms with Crippen LogP contribution in [0.4, 0.5) is 0 Å². The molecule has 11 aromatic rings. The largest absolute Gasteiger partial charge is 0.455 e. The van der Waals surface area contributed by atoms with Crippen LogP contribution in [0.15, 0.2) is 205 Å². The lowest BCUT2D eigenvalue weighted by Gasteiger charge is -2.10. The minimum absolute atomic E-state index is 0.627. The summed E-state index contributed by atoms with van der Waals surface area (Å²) < 4.78 is 6.83. The Hall–Kier alpha value is -7.69. The highest BCUT2D eigenvalue weighted by Crippen LogP contribution is 2.42. The molecule has 0 atom stereocenters. The second kappa shape index (κ2) is 13.6. The van der Waals surface area contributed by atoms with Gasteiger partial charge in [-0.2, -0.15) is 0 Å². The highest BCUT2D eigenvalue weighted by molar-refractivity contribution is 6.18. The molecule has 0 saturated carbocycles. The Morgan fingerprint density at radius 3 is 1.49 bits per heavy atom. The summed E-state index contributed by atoms with van der Waals surface area (Å²) in [6.45, 7) is 0. The predicted octanol–water partition coefficient (Wildman–Crippen LogP) is 14.1. The molecule has 266 valence electrons. The molecule has 9 aromatic carbocycles. The van der Waals surface area contributed by atoms with Crippen LogP contribution in [0.3, 0.4) is 0 Å². The van der Waals surface area contributed by atoms with Gasteiger partial charge in [0.15, 0.2) is 17.5 Å². The standard InChI is InChI=1S/C53H33N3O/c1-3-11-34(12-4-1)36-19-24-38(25-20-36)49-45-18-10-9-17-43(45)32-47-46-30-29-42(33-48(46)57-50(47)49)37-21-26-40(27-22-37)52-54-51(39-14-5-2-6-15-39)55-53(56-52)44-28-23-35-13-7-8-16-41(35)31-44/h1-33H. The zero-order chi connectivity index (χ0) is 37.7. The molecule has 2 aromatic heterocycles. The summed E-state index contributed by atoms with van der Waals surface area (Å²) in [7, 11) is 0. The lowest BCUT2D eigenvalue weighted by atomic mass is 9.93. The van der Waals surface area contributed by atoms with Gasteiger partial charge in [0.2, 0.25) is 0 Å². The lowest BCUT2D eigenvalue weighted by Crippen LogP contribution is -2.00. The van der Waals surface area contributed by atoms with Gasteiger partial charge in [0.1, 0.15) is 11.2 Å². The molecule has 0 radical (unpaired) electrons. The van der Waals surface area contributed by atoms with Crippen molar-refractivity contribution in [2.75, 3.05) is 0 Å². The number of nitrogens with zero attached hydrogens (tertiary/aromatic N) is 3. The molecule has 0 amide bonds. The van der Waals surface area contributed by atoms with Crippen molar-refractivity contribution in [3.63, 3.8) is 0 Å². The molecule has 0 aliphatic carbocycles. The third-order valence-corrected chi connectivity index (χ3v) is 10.9. The normalized spacial score (nSPS) is 11.5. The van der Waals surface area contributed by atoms with Crippen molar-refractivity contribution < 1.29 is 4.42 Å². The van der Waals surface area contributed by atoms with Crippen LogP contribution in [0.25, 0.3) is 111 Å². The summed E-state index contributed by atoms with van der Waals surface area (Å²) in [6.07, 6.45) is 0. The maximum Gasteiger partial charge on any atom is 0.164 e. The van der Waals surface area contributed by atoms with Crippen LogP contribution in [0.5, 0.6) is 0 Å². The summed E-state index contributed by atoms with van der Waals surface area (Å²) >= 11 is 0.